The second-order valence-electron chi connectivity index (χ2n) is 18.6. The Morgan fingerprint density at radius 1 is 0.203 bits per heavy atom. The molecule has 0 spiro atoms. The fourth-order valence-corrected chi connectivity index (χ4v) is 13.2. The first-order valence-electron chi connectivity index (χ1n) is 22.7. The van der Waals surface area contributed by atoms with E-state index in [1.807, 2.05) is 0 Å². The van der Waals surface area contributed by atoms with Gasteiger partial charge in [-0.1, -0.05) is 170 Å². The summed E-state index contributed by atoms with van der Waals surface area (Å²) >= 11 is 0. The van der Waals surface area contributed by atoms with Crippen LogP contribution in [0.5, 0.6) is 0 Å². The van der Waals surface area contributed by atoms with E-state index in [2.05, 4.69) is 196 Å². The van der Waals surface area contributed by atoms with Crippen LogP contribution < -0.4 is 0 Å². The first-order valence-corrected chi connectivity index (χ1v) is 22.7. The quantitative estimate of drug-likeness (QED) is 0.121. The molecule has 0 bridgehead atoms. The van der Waals surface area contributed by atoms with Gasteiger partial charge in [-0.15, -0.1) is 0 Å². The van der Waals surface area contributed by atoms with Crippen molar-refractivity contribution in [3.05, 3.63) is 193 Å². The zero-order valence-electron chi connectivity index (χ0n) is 35.3. The normalized spacial score (nSPS) is 12.8. The van der Waals surface area contributed by atoms with Gasteiger partial charge >= 0.3 is 0 Å². The van der Waals surface area contributed by atoms with Crippen LogP contribution in [0, 0.1) is 13.8 Å². The Morgan fingerprint density at radius 2 is 0.547 bits per heavy atom. The van der Waals surface area contributed by atoms with Crippen molar-refractivity contribution >= 4 is 140 Å². The predicted octanol–water partition coefficient (Wildman–Crippen LogP) is 18.4. The van der Waals surface area contributed by atoms with Crippen LogP contribution in [0.15, 0.2) is 182 Å². The highest BCUT2D eigenvalue weighted by Crippen LogP contribution is 2.56. The number of rotatable bonds is 2. The van der Waals surface area contributed by atoms with Crippen molar-refractivity contribution in [2.45, 2.75) is 13.8 Å². The highest BCUT2D eigenvalue weighted by Gasteiger charge is 2.28. The molecule has 0 heterocycles. The van der Waals surface area contributed by atoms with Gasteiger partial charge in [-0.05, 0) is 199 Å². The molecule has 0 radical (unpaired) electrons. The van der Waals surface area contributed by atoms with E-state index in [1.54, 1.807) is 0 Å². The van der Waals surface area contributed by atoms with Gasteiger partial charge < -0.3 is 0 Å². The molecule has 16 aromatic rings. The minimum atomic E-state index is 1.25. The molecule has 16 rings (SSSR count). The van der Waals surface area contributed by atoms with Crippen LogP contribution in [0.4, 0.5) is 0 Å². The van der Waals surface area contributed by atoms with Gasteiger partial charge in [0.1, 0.15) is 0 Å². The van der Waals surface area contributed by atoms with E-state index < -0.39 is 0 Å². The molecule has 0 N–H and O–H groups in total. The fraction of sp³-hybridized carbons (Fsp3) is 0.0312. The second-order valence-corrected chi connectivity index (χ2v) is 18.6. The first kappa shape index (κ1) is 33.6. The van der Waals surface area contributed by atoms with Crippen LogP contribution in [-0.4, -0.2) is 0 Å². The lowest BCUT2D eigenvalue weighted by Gasteiger charge is -2.17. The molecule has 0 saturated heterocycles. The van der Waals surface area contributed by atoms with Crippen LogP contribution in [-0.2, 0) is 0 Å². The Labute approximate surface area is 367 Å². The number of fused-ring (bicyclic) bond motifs is 11. The molecule has 0 nitrogen and oxygen atoms in total. The van der Waals surface area contributed by atoms with Gasteiger partial charge in [-0.25, -0.2) is 0 Å². The monoisotopic (exact) mass is 804 g/mol. The van der Waals surface area contributed by atoms with Gasteiger partial charge in [-0.3, -0.25) is 0 Å². The highest BCUT2D eigenvalue weighted by molar-refractivity contribution is 6.48. The third kappa shape index (κ3) is 3.86. The van der Waals surface area contributed by atoms with Gasteiger partial charge in [0, 0.05) is 0 Å². The maximum absolute atomic E-state index is 2.57. The fourth-order valence-electron chi connectivity index (χ4n) is 13.2. The molecule has 292 valence electrons. The van der Waals surface area contributed by atoms with Crippen molar-refractivity contribution in [3.63, 3.8) is 0 Å². The lowest BCUT2D eigenvalue weighted by molar-refractivity contribution is 1.56. The number of hydrogen-bond donors (Lipinski definition) is 0. The van der Waals surface area contributed by atoms with Crippen molar-refractivity contribution in [3.8, 4) is 22.3 Å². The van der Waals surface area contributed by atoms with Crippen molar-refractivity contribution in [1.29, 1.82) is 0 Å². The molecule has 0 atom stereocenters. The van der Waals surface area contributed by atoms with E-state index in [4.69, 9.17) is 0 Å². The minimum absolute atomic E-state index is 1.25. The number of benzene rings is 14. The lowest BCUT2D eigenvalue weighted by atomic mass is 9.85. The summed E-state index contributed by atoms with van der Waals surface area (Å²) in [6.45, 7) is 4.57. The van der Waals surface area contributed by atoms with E-state index in [0.717, 1.165) is 0 Å². The lowest BCUT2D eigenvalue weighted by Crippen LogP contribution is -1.89. The Morgan fingerprint density at radius 3 is 0.984 bits per heavy atom. The van der Waals surface area contributed by atoms with E-state index in [-0.39, 0.29) is 0 Å². The molecule has 0 aliphatic carbocycles. The summed E-state index contributed by atoms with van der Waals surface area (Å²) in [5.74, 6) is 0. The summed E-state index contributed by atoms with van der Waals surface area (Å²) < 4.78 is 0. The summed E-state index contributed by atoms with van der Waals surface area (Å²) in [6, 6.07) is 70.0. The molecule has 16 aromatic carbocycles. The first-order chi connectivity index (χ1) is 31.6. The molecule has 0 aliphatic heterocycles. The topological polar surface area (TPSA) is 0 Å². The molecular weight excluding hydrogens is 769 g/mol. The Bertz CT molecular complexity index is 4570. The average molecular weight is 805 g/mol. The van der Waals surface area contributed by atoms with Crippen molar-refractivity contribution in [2.75, 3.05) is 0 Å². The number of hydrogen-bond acceptors (Lipinski definition) is 0. The zero-order chi connectivity index (χ0) is 41.7. The van der Waals surface area contributed by atoms with Crippen LogP contribution in [0.3, 0.4) is 0 Å². The molecule has 0 aromatic heterocycles. The molecular formula is C64H36. The molecule has 0 fully saturated rings. The van der Waals surface area contributed by atoms with Gasteiger partial charge in [0.15, 0.2) is 0 Å². The predicted molar refractivity (Wildman–Crippen MR) is 279 cm³/mol. The maximum atomic E-state index is 2.57. The zero-order valence-corrected chi connectivity index (χ0v) is 35.3. The second kappa shape index (κ2) is 11.5. The molecule has 0 saturated carbocycles. The maximum Gasteiger partial charge on any atom is -0.000740 e. The van der Waals surface area contributed by atoms with Crippen molar-refractivity contribution in [1.82, 2.24) is 0 Å². The van der Waals surface area contributed by atoms with Gasteiger partial charge in [0.2, 0.25) is 0 Å². The van der Waals surface area contributed by atoms with Gasteiger partial charge in [0.25, 0.3) is 0 Å². The molecule has 0 heteroatoms. The average Bonchev–Trinajstić information content (AvgIpc) is 3.85. The Kier molecular flexibility index (Phi) is 6.02. The van der Waals surface area contributed by atoms with Crippen molar-refractivity contribution in [2.24, 2.45) is 0 Å². The highest BCUT2D eigenvalue weighted by atomic mass is 14.3. The van der Waals surface area contributed by atoms with Crippen LogP contribution >= 0.6 is 0 Å². The summed E-state index contributed by atoms with van der Waals surface area (Å²) in [4.78, 5) is 0. The molecule has 0 aliphatic rings. The van der Waals surface area contributed by atoms with Crippen LogP contribution in [0.1, 0.15) is 11.1 Å². The van der Waals surface area contributed by atoms with E-state index in [0.29, 0.717) is 0 Å². The summed E-state index contributed by atoms with van der Waals surface area (Å²) in [7, 11) is 0. The smallest absolute Gasteiger partial charge is 0.000740 e. The number of aryl methyl sites for hydroxylation is 2. The minimum Gasteiger partial charge on any atom is -0.0622 e. The summed E-state index contributed by atoms with van der Waals surface area (Å²) in [6.07, 6.45) is 0. The van der Waals surface area contributed by atoms with E-state index in [1.165, 1.54) is 173 Å². The Balaban J connectivity index is 1.15. The molecule has 0 unspecified atom stereocenters. The van der Waals surface area contributed by atoms with Crippen molar-refractivity contribution < 1.29 is 0 Å². The Hall–Kier alpha value is -8.06. The molecule has 0 amide bonds. The van der Waals surface area contributed by atoms with E-state index in [9.17, 15) is 0 Å². The van der Waals surface area contributed by atoms with Gasteiger partial charge in [-0.2, -0.15) is 0 Å². The van der Waals surface area contributed by atoms with Gasteiger partial charge in [0.05, 0.1) is 0 Å². The standard InChI is InChI=1S/C64H36/c1-33-19-21-37-15-9-17-39-41-23-24-43-49-31-51-52(32-50(49)44-26-27-45(53(33)55(37)39)60(41)59(43)44)57(35-11-5-3-6-12-35)63-47-28-25-42-40-18-10-16-38-22-20-34(2)54(56(38)40)46-29-30-48(62(47)61(42)46)64(63)58(51)36-13-7-4-8-14-36/h3-32H,1-2H3. The summed E-state index contributed by atoms with van der Waals surface area (Å²) in [5, 5.41) is 35.0. The SMILES string of the molecule is Cc1ccc2cccc3c4ccc5c6cc7c(-c8ccccc8)c8c9ccc%10c%11c(C)ccc%12cccc(c%13ccc(c8c(-c8ccccc8)c7cc6c6ccc(c1c23)c4c65)c9c%13%10)c%12%11. The van der Waals surface area contributed by atoms with E-state index >= 15 is 0 Å². The largest absolute Gasteiger partial charge is 0.0622 e. The third-order valence-corrected chi connectivity index (χ3v) is 15.6. The summed E-state index contributed by atoms with van der Waals surface area (Å²) in [5.41, 5.74) is 7.79. The van der Waals surface area contributed by atoms with Crippen LogP contribution in [0.25, 0.3) is 162 Å². The molecule has 64 heavy (non-hydrogen) atoms. The third-order valence-electron chi connectivity index (χ3n) is 15.6. The van der Waals surface area contributed by atoms with Crippen LogP contribution in [0.2, 0.25) is 0 Å².